The fraction of sp³-hybridized carbons (Fsp3) is 0.348. The number of nitrogens with zero attached hydrogens (tertiary/aromatic N) is 2. The highest BCUT2D eigenvalue weighted by atomic mass is 16.3. The first kappa shape index (κ1) is 19.8. The molecule has 5 heteroatoms. The van der Waals surface area contributed by atoms with Crippen LogP contribution >= 0.6 is 0 Å². The number of likely N-dealkylation sites (tertiary alicyclic amines) is 1. The summed E-state index contributed by atoms with van der Waals surface area (Å²) >= 11 is 0. The first-order valence-corrected chi connectivity index (χ1v) is 9.86. The maximum atomic E-state index is 12.8. The summed E-state index contributed by atoms with van der Waals surface area (Å²) in [4.78, 5) is 31.3. The number of aromatic nitrogens is 1. The topological polar surface area (TPSA) is 70.5 Å². The number of aliphatic hydroxyl groups is 1. The van der Waals surface area contributed by atoms with Crippen LogP contribution in [0.4, 0.5) is 0 Å². The summed E-state index contributed by atoms with van der Waals surface area (Å²) < 4.78 is 0. The Balaban J connectivity index is 2.07. The van der Waals surface area contributed by atoms with E-state index < -0.39 is 17.7 Å². The van der Waals surface area contributed by atoms with E-state index in [1.807, 2.05) is 18.2 Å². The maximum absolute atomic E-state index is 12.8. The van der Waals surface area contributed by atoms with Gasteiger partial charge in [0.05, 0.1) is 11.6 Å². The number of amides is 1. The van der Waals surface area contributed by atoms with Gasteiger partial charge in [-0.3, -0.25) is 14.6 Å². The van der Waals surface area contributed by atoms with Crippen molar-refractivity contribution in [3.05, 3.63) is 71.1 Å². The summed E-state index contributed by atoms with van der Waals surface area (Å²) in [7, 11) is 0. The van der Waals surface area contributed by atoms with E-state index in [-0.39, 0.29) is 11.3 Å². The molecule has 28 heavy (non-hydrogen) atoms. The molecular weight excluding hydrogens is 352 g/mol. The van der Waals surface area contributed by atoms with Crippen LogP contribution in [-0.2, 0) is 16.0 Å². The Bertz CT molecular complexity index is 872. The standard InChI is InChI=1S/C23H26N2O3/c1-3-5-6-14-25-20(18-8-7-13-24-15-18)19(22(27)23(25)28)21(26)17-11-9-16(4-2)10-12-17/h7-13,15,20,26H,3-6,14H2,1-2H3/b21-19-. The molecule has 1 N–H and O–H groups in total. The van der Waals surface area contributed by atoms with Gasteiger partial charge in [0.15, 0.2) is 0 Å². The van der Waals surface area contributed by atoms with Gasteiger partial charge in [-0.15, -0.1) is 0 Å². The van der Waals surface area contributed by atoms with E-state index in [9.17, 15) is 14.7 Å². The predicted molar refractivity (Wildman–Crippen MR) is 109 cm³/mol. The number of unbranched alkanes of at least 4 members (excludes halogenated alkanes) is 2. The molecule has 0 spiro atoms. The Morgan fingerprint density at radius 3 is 2.46 bits per heavy atom. The second-order valence-electron chi connectivity index (χ2n) is 7.04. The van der Waals surface area contributed by atoms with Crippen LogP contribution in [0.3, 0.4) is 0 Å². The highest BCUT2D eigenvalue weighted by Crippen LogP contribution is 2.39. The Morgan fingerprint density at radius 2 is 1.86 bits per heavy atom. The lowest BCUT2D eigenvalue weighted by Gasteiger charge is -2.25. The molecule has 2 heterocycles. The molecule has 1 aliphatic heterocycles. The molecule has 1 unspecified atom stereocenters. The third-order valence-electron chi connectivity index (χ3n) is 5.18. The molecule has 1 saturated heterocycles. The molecule has 1 aromatic heterocycles. The molecule has 2 aromatic rings. The van der Waals surface area contributed by atoms with Crippen LogP contribution in [0.5, 0.6) is 0 Å². The van der Waals surface area contributed by atoms with Gasteiger partial charge in [0.2, 0.25) is 0 Å². The third kappa shape index (κ3) is 3.84. The van der Waals surface area contributed by atoms with Crippen LogP contribution in [0.25, 0.3) is 5.76 Å². The third-order valence-corrected chi connectivity index (χ3v) is 5.18. The van der Waals surface area contributed by atoms with Gasteiger partial charge in [0.1, 0.15) is 5.76 Å². The molecule has 0 saturated carbocycles. The number of carbonyl (C=O) groups is 2. The number of benzene rings is 1. The molecule has 0 radical (unpaired) electrons. The first-order valence-electron chi connectivity index (χ1n) is 9.86. The Hall–Kier alpha value is -2.95. The number of rotatable bonds is 7. The lowest BCUT2D eigenvalue weighted by Crippen LogP contribution is -2.30. The van der Waals surface area contributed by atoms with Crippen LogP contribution in [-0.4, -0.2) is 33.2 Å². The molecule has 0 aliphatic carbocycles. The number of hydrogen-bond donors (Lipinski definition) is 1. The summed E-state index contributed by atoms with van der Waals surface area (Å²) in [6.07, 6.45) is 6.99. The van der Waals surface area contributed by atoms with Crippen molar-refractivity contribution in [2.24, 2.45) is 0 Å². The van der Waals surface area contributed by atoms with E-state index >= 15 is 0 Å². The van der Waals surface area contributed by atoms with Crippen molar-refractivity contribution in [2.45, 2.75) is 45.6 Å². The molecule has 1 aliphatic rings. The van der Waals surface area contributed by atoms with Crippen molar-refractivity contribution >= 4 is 17.4 Å². The van der Waals surface area contributed by atoms with Crippen molar-refractivity contribution < 1.29 is 14.7 Å². The Labute approximate surface area is 165 Å². The van der Waals surface area contributed by atoms with Gasteiger partial charge in [-0.1, -0.05) is 57.0 Å². The number of aliphatic hydroxyl groups excluding tert-OH is 1. The van der Waals surface area contributed by atoms with Crippen molar-refractivity contribution in [3.8, 4) is 0 Å². The zero-order valence-electron chi connectivity index (χ0n) is 16.4. The molecule has 146 valence electrons. The quantitative estimate of drug-likeness (QED) is 0.338. The van der Waals surface area contributed by atoms with Crippen molar-refractivity contribution in [2.75, 3.05) is 6.54 Å². The van der Waals surface area contributed by atoms with Crippen molar-refractivity contribution in [1.29, 1.82) is 0 Å². The minimum Gasteiger partial charge on any atom is -0.507 e. The van der Waals surface area contributed by atoms with Crippen molar-refractivity contribution in [3.63, 3.8) is 0 Å². The average Bonchev–Trinajstić information content (AvgIpc) is 2.99. The SMILES string of the molecule is CCCCCN1C(=O)C(=O)/C(=C(\O)c2ccc(CC)cc2)C1c1cccnc1. The van der Waals surface area contributed by atoms with E-state index in [2.05, 4.69) is 18.8 Å². The normalized spacial score (nSPS) is 18.6. The highest BCUT2D eigenvalue weighted by molar-refractivity contribution is 6.46. The van der Waals surface area contributed by atoms with E-state index in [4.69, 9.17) is 0 Å². The number of hydrogen-bond acceptors (Lipinski definition) is 4. The lowest BCUT2D eigenvalue weighted by molar-refractivity contribution is -0.139. The van der Waals surface area contributed by atoms with E-state index in [1.54, 1.807) is 35.5 Å². The fourth-order valence-electron chi connectivity index (χ4n) is 3.58. The molecule has 1 amide bonds. The Morgan fingerprint density at radius 1 is 1.11 bits per heavy atom. The second kappa shape index (κ2) is 8.83. The highest BCUT2D eigenvalue weighted by Gasteiger charge is 2.45. The number of carbonyl (C=O) groups excluding carboxylic acids is 2. The van der Waals surface area contributed by atoms with Gasteiger partial charge < -0.3 is 10.0 Å². The average molecular weight is 378 g/mol. The molecule has 1 aromatic carbocycles. The van der Waals surface area contributed by atoms with Crippen molar-refractivity contribution in [1.82, 2.24) is 9.88 Å². The van der Waals surface area contributed by atoms with E-state index in [0.717, 1.165) is 36.8 Å². The van der Waals surface area contributed by atoms with Gasteiger partial charge in [-0.2, -0.15) is 0 Å². The van der Waals surface area contributed by atoms with Gasteiger partial charge in [-0.05, 0) is 30.0 Å². The summed E-state index contributed by atoms with van der Waals surface area (Å²) in [5.41, 5.74) is 2.54. The molecule has 5 nitrogen and oxygen atoms in total. The smallest absolute Gasteiger partial charge is 0.295 e. The predicted octanol–water partition coefficient (Wildman–Crippen LogP) is 4.26. The number of ketones is 1. The van der Waals surface area contributed by atoms with E-state index in [1.165, 1.54) is 0 Å². The van der Waals surface area contributed by atoms with Gasteiger partial charge >= 0.3 is 0 Å². The summed E-state index contributed by atoms with van der Waals surface area (Å²) in [6.45, 7) is 4.62. The van der Waals surface area contributed by atoms with Gasteiger partial charge in [0.25, 0.3) is 11.7 Å². The molecular formula is C23H26N2O3. The minimum absolute atomic E-state index is 0.132. The lowest BCUT2D eigenvalue weighted by atomic mass is 9.96. The van der Waals surface area contributed by atoms with Crippen LogP contribution in [0.2, 0.25) is 0 Å². The number of Topliss-reactive ketones (excluding diaryl/α,β-unsaturated/α-hetero) is 1. The Kier molecular flexibility index (Phi) is 6.24. The molecule has 1 fully saturated rings. The zero-order valence-corrected chi connectivity index (χ0v) is 16.4. The minimum atomic E-state index is -0.637. The summed E-state index contributed by atoms with van der Waals surface area (Å²) in [5.74, 6) is -1.33. The monoisotopic (exact) mass is 378 g/mol. The van der Waals surface area contributed by atoms with Crippen LogP contribution in [0, 0.1) is 0 Å². The van der Waals surface area contributed by atoms with E-state index in [0.29, 0.717) is 12.1 Å². The largest absolute Gasteiger partial charge is 0.507 e. The summed E-state index contributed by atoms with van der Waals surface area (Å²) in [6, 6.07) is 10.4. The van der Waals surface area contributed by atoms with Crippen LogP contribution in [0.1, 0.15) is 55.8 Å². The summed E-state index contributed by atoms with van der Waals surface area (Å²) in [5, 5.41) is 11.0. The molecule has 3 rings (SSSR count). The van der Waals surface area contributed by atoms with Crippen LogP contribution in [0.15, 0.2) is 54.4 Å². The van der Waals surface area contributed by atoms with Gasteiger partial charge in [-0.25, -0.2) is 0 Å². The zero-order chi connectivity index (χ0) is 20.1. The number of aryl methyl sites for hydroxylation is 1. The molecule has 0 bridgehead atoms. The van der Waals surface area contributed by atoms with Crippen LogP contribution < -0.4 is 0 Å². The maximum Gasteiger partial charge on any atom is 0.295 e. The fourth-order valence-corrected chi connectivity index (χ4v) is 3.58. The van der Waals surface area contributed by atoms with Gasteiger partial charge in [0, 0.05) is 24.5 Å². The number of pyridine rings is 1. The first-order chi connectivity index (χ1) is 13.6. The second-order valence-corrected chi connectivity index (χ2v) is 7.04. The molecule has 1 atom stereocenters.